The van der Waals surface area contributed by atoms with Gasteiger partial charge in [-0.3, -0.25) is 4.79 Å². The van der Waals surface area contributed by atoms with Crippen LogP contribution in [0.5, 0.6) is 0 Å². The maximum Gasteiger partial charge on any atom is 0.263 e. The van der Waals surface area contributed by atoms with Crippen molar-refractivity contribution in [2.75, 3.05) is 6.54 Å². The number of benzene rings is 1. The summed E-state index contributed by atoms with van der Waals surface area (Å²) in [5.41, 5.74) is 0.868. The van der Waals surface area contributed by atoms with Gasteiger partial charge in [0.15, 0.2) is 0 Å². The van der Waals surface area contributed by atoms with Crippen molar-refractivity contribution in [3.8, 4) is 6.07 Å². The molecule has 1 aromatic carbocycles. The zero-order valence-corrected chi connectivity index (χ0v) is 12.4. The molecule has 0 unspecified atom stereocenters. The van der Waals surface area contributed by atoms with Crippen LogP contribution in [0.1, 0.15) is 19.4 Å². The Labute approximate surface area is 124 Å². The Balaban J connectivity index is 2.56. The molecule has 0 saturated carbocycles. The summed E-state index contributed by atoms with van der Waals surface area (Å²) in [5, 5.41) is 15.2. The summed E-state index contributed by atoms with van der Waals surface area (Å²) in [6.45, 7) is 5.10. The Morgan fingerprint density at radius 1 is 1.45 bits per heavy atom. The lowest BCUT2D eigenvalue weighted by molar-refractivity contribution is -0.117. The zero-order chi connectivity index (χ0) is 15.0. The lowest BCUT2D eigenvalue weighted by Crippen LogP contribution is -2.26. The minimum absolute atomic E-state index is 0.0534. The van der Waals surface area contributed by atoms with E-state index in [-0.39, 0.29) is 5.57 Å². The number of amides is 1. The van der Waals surface area contributed by atoms with E-state index in [1.165, 1.54) is 6.20 Å². The molecule has 20 heavy (non-hydrogen) atoms. The van der Waals surface area contributed by atoms with E-state index in [0.717, 1.165) is 5.56 Å². The third kappa shape index (κ3) is 5.33. The molecule has 2 N–H and O–H groups in total. The molecule has 0 aliphatic carbocycles. The summed E-state index contributed by atoms with van der Waals surface area (Å²) in [7, 11) is 0. The Bertz CT molecular complexity index is 532. The first kappa shape index (κ1) is 16.1. The smallest absolute Gasteiger partial charge is 0.263 e. The van der Waals surface area contributed by atoms with Gasteiger partial charge in [0.05, 0.1) is 0 Å². The van der Waals surface area contributed by atoms with E-state index in [2.05, 4.69) is 10.6 Å². The molecule has 5 heteroatoms. The third-order valence-corrected chi connectivity index (χ3v) is 2.90. The van der Waals surface area contributed by atoms with Gasteiger partial charge in [0.1, 0.15) is 11.6 Å². The molecule has 0 aromatic heterocycles. The van der Waals surface area contributed by atoms with Crippen molar-refractivity contribution in [1.29, 1.82) is 5.26 Å². The monoisotopic (exact) mass is 291 g/mol. The summed E-state index contributed by atoms with van der Waals surface area (Å²) in [5.74, 6) is 0.0288. The van der Waals surface area contributed by atoms with Crippen LogP contribution in [0.3, 0.4) is 0 Å². The number of carbonyl (C=O) groups is 1. The van der Waals surface area contributed by atoms with Gasteiger partial charge in [-0.25, -0.2) is 0 Å². The van der Waals surface area contributed by atoms with Crippen molar-refractivity contribution in [1.82, 2.24) is 10.6 Å². The van der Waals surface area contributed by atoms with Gasteiger partial charge in [-0.05, 0) is 17.5 Å². The molecule has 1 amide bonds. The van der Waals surface area contributed by atoms with Crippen molar-refractivity contribution in [3.05, 3.63) is 46.6 Å². The summed E-state index contributed by atoms with van der Waals surface area (Å²) < 4.78 is 0. The van der Waals surface area contributed by atoms with Gasteiger partial charge < -0.3 is 10.6 Å². The van der Waals surface area contributed by atoms with Gasteiger partial charge in [0.2, 0.25) is 0 Å². The molecule has 106 valence electrons. The van der Waals surface area contributed by atoms with Gasteiger partial charge in [0.25, 0.3) is 5.91 Å². The molecular weight excluding hydrogens is 274 g/mol. The minimum atomic E-state index is -0.413. The summed E-state index contributed by atoms with van der Waals surface area (Å²) in [6, 6.07) is 9.14. The van der Waals surface area contributed by atoms with E-state index in [1.54, 1.807) is 6.07 Å². The van der Waals surface area contributed by atoms with E-state index < -0.39 is 5.91 Å². The number of nitrogens with zero attached hydrogens (tertiary/aromatic N) is 1. The van der Waals surface area contributed by atoms with Gasteiger partial charge >= 0.3 is 0 Å². The zero-order valence-electron chi connectivity index (χ0n) is 11.6. The third-order valence-electron chi connectivity index (χ3n) is 2.53. The fourth-order valence-electron chi connectivity index (χ4n) is 1.46. The molecule has 1 aromatic rings. The quantitative estimate of drug-likeness (QED) is 0.625. The fraction of sp³-hybridized carbons (Fsp3) is 0.333. The van der Waals surface area contributed by atoms with Crippen LogP contribution in [-0.2, 0) is 11.3 Å². The van der Waals surface area contributed by atoms with Crippen LogP contribution in [0, 0.1) is 17.2 Å². The Morgan fingerprint density at radius 2 is 2.15 bits per heavy atom. The fourth-order valence-corrected chi connectivity index (χ4v) is 1.66. The lowest BCUT2D eigenvalue weighted by atomic mass is 10.2. The number of nitriles is 1. The Kier molecular flexibility index (Phi) is 6.61. The summed E-state index contributed by atoms with van der Waals surface area (Å²) in [6.07, 6.45) is 1.45. The lowest BCUT2D eigenvalue weighted by Gasteiger charge is -2.07. The predicted octanol–water partition coefficient (Wildman–Crippen LogP) is 2.61. The standard InChI is InChI=1S/C15H18ClN3O/c1-11(2)8-18-9-13(7-17)15(20)19-10-12-5-3-4-6-14(12)16/h3-6,9,11,18H,8,10H2,1-2H3,(H,19,20)/b13-9-. The van der Waals surface area contributed by atoms with Crippen molar-refractivity contribution in [3.63, 3.8) is 0 Å². The first-order valence-electron chi connectivity index (χ1n) is 6.40. The number of rotatable bonds is 6. The minimum Gasteiger partial charge on any atom is -0.389 e. The van der Waals surface area contributed by atoms with Crippen molar-refractivity contribution in [2.24, 2.45) is 5.92 Å². The molecule has 0 fully saturated rings. The predicted molar refractivity (Wildman–Crippen MR) is 79.8 cm³/mol. The van der Waals surface area contributed by atoms with Crippen LogP contribution in [-0.4, -0.2) is 12.5 Å². The molecular formula is C15H18ClN3O. The molecule has 1 rings (SSSR count). The van der Waals surface area contributed by atoms with Crippen LogP contribution < -0.4 is 10.6 Å². The van der Waals surface area contributed by atoms with Gasteiger partial charge in [-0.15, -0.1) is 0 Å². The van der Waals surface area contributed by atoms with E-state index in [1.807, 2.05) is 38.1 Å². The average Bonchev–Trinajstić information content (AvgIpc) is 2.42. The molecule has 0 bridgehead atoms. The number of nitrogens with one attached hydrogen (secondary N) is 2. The highest BCUT2D eigenvalue weighted by atomic mass is 35.5. The highest BCUT2D eigenvalue weighted by Crippen LogP contribution is 2.14. The van der Waals surface area contributed by atoms with Crippen molar-refractivity contribution >= 4 is 17.5 Å². The van der Waals surface area contributed by atoms with E-state index in [4.69, 9.17) is 16.9 Å². The molecule has 0 heterocycles. The normalized spacial score (nSPS) is 11.1. The highest BCUT2D eigenvalue weighted by molar-refractivity contribution is 6.31. The molecule has 0 aliphatic heterocycles. The molecule has 0 aliphatic rings. The molecule has 0 saturated heterocycles. The Hall–Kier alpha value is -1.99. The van der Waals surface area contributed by atoms with Gasteiger partial charge in [-0.2, -0.15) is 5.26 Å². The largest absolute Gasteiger partial charge is 0.389 e. The number of hydrogen-bond acceptors (Lipinski definition) is 3. The summed E-state index contributed by atoms with van der Waals surface area (Å²) >= 11 is 6.00. The van der Waals surface area contributed by atoms with E-state index >= 15 is 0 Å². The first-order chi connectivity index (χ1) is 9.54. The Morgan fingerprint density at radius 3 is 2.75 bits per heavy atom. The highest BCUT2D eigenvalue weighted by Gasteiger charge is 2.09. The van der Waals surface area contributed by atoms with Crippen molar-refractivity contribution in [2.45, 2.75) is 20.4 Å². The molecule has 4 nitrogen and oxygen atoms in total. The number of hydrogen-bond donors (Lipinski definition) is 2. The second kappa shape index (κ2) is 8.23. The van der Waals surface area contributed by atoms with Gasteiger partial charge in [0, 0.05) is 24.3 Å². The van der Waals surface area contributed by atoms with Crippen LogP contribution >= 0.6 is 11.6 Å². The van der Waals surface area contributed by atoms with Crippen LogP contribution in [0.15, 0.2) is 36.0 Å². The maximum atomic E-state index is 11.8. The average molecular weight is 292 g/mol. The second-order valence-corrected chi connectivity index (χ2v) is 5.15. The SMILES string of the molecule is CC(C)CN/C=C(/C#N)C(=O)NCc1ccccc1Cl. The molecule has 0 spiro atoms. The maximum absolute atomic E-state index is 11.8. The number of halogens is 1. The first-order valence-corrected chi connectivity index (χ1v) is 6.77. The van der Waals surface area contributed by atoms with E-state index in [9.17, 15) is 4.79 Å². The van der Waals surface area contributed by atoms with Crippen molar-refractivity contribution < 1.29 is 4.79 Å². The van der Waals surface area contributed by atoms with Crippen LogP contribution in [0.25, 0.3) is 0 Å². The molecule has 0 atom stereocenters. The topological polar surface area (TPSA) is 64.9 Å². The number of carbonyl (C=O) groups excluding carboxylic acids is 1. The molecule has 0 radical (unpaired) electrons. The second-order valence-electron chi connectivity index (χ2n) is 4.75. The van der Waals surface area contributed by atoms with Crippen LogP contribution in [0.2, 0.25) is 5.02 Å². The summed E-state index contributed by atoms with van der Waals surface area (Å²) in [4.78, 5) is 11.8. The van der Waals surface area contributed by atoms with Crippen LogP contribution in [0.4, 0.5) is 0 Å². The van der Waals surface area contributed by atoms with E-state index in [0.29, 0.717) is 24.0 Å². The van der Waals surface area contributed by atoms with Gasteiger partial charge in [-0.1, -0.05) is 43.6 Å².